The third-order valence-corrected chi connectivity index (χ3v) is 5.06. The highest BCUT2D eigenvalue weighted by Gasteiger charge is 2.68. The van der Waals surface area contributed by atoms with Gasteiger partial charge in [-0.15, -0.1) is 0 Å². The van der Waals surface area contributed by atoms with Crippen LogP contribution in [-0.2, 0) is 9.53 Å². The topological polar surface area (TPSA) is 26.3 Å². The van der Waals surface area contributed by atoms with Crippen LogP contribution >= 0.6 is 0 Å². The maximum Gasteiger partial charge on any atom is 0.306 e. The zero-order chi connectivity index (χ0) is 12.6. The lowest BCUT2D eigenvalue weighted by Crippen LogP contribution is -2.30. The number of fused-ring (bicyclic) bond motifs is 1. The second kappa shape index (κ2) is 4.62. The van der Waals surface area contributed by atoms with Crippen molar-refractivity contribution in [1.29, 1.82) is 0 Å². The number of ether oxygens (including phenoxy) is 1. The Kier molecular flexibility index (Phi) is 3.51. The lowest BCUT2D eigenvalue weighted by molar-refractivity contribution is -0.153. The number of unbranched alkanes of at least 4 members (excludes halogenated alkanes) is 1. The van der Waals surface area contributed by atoms with Crippen LogP contribution in [0.15, 0.2) is 0 Å². The quantitative estimate of drug-likeness (QED) is 0.681. The lowest BCUT2D eigenvalue weighted by Gasteiger charge is -2.27. The highest BCUT2D eigenvalue weighted by atomic mass is 16.5. The molecule has 2 aliphatic rings. The summed E-state index contributed by atoms with van der Waals surface area (Å²) in [5.74, 6) is 2.21. The molecule has 0 radical (unpaired) electrons. The standard InChI is InChI=1S/C15H26O2/c1-5-6-7-14(16)17-13-8-11(4)12-9-15(12,13)10(2)3/h10-13H,5-9H2,1-4H3. The summed E-state index contributed by atoms with van der Waals surface area (Å²) in [6.45, 7) is 8.99. The molecule has 0 heterocycles. The van der Waals surface area contributed by atoms with E-state index in [1.54, 1.807) is 0 Å². The van der Waals surface area contributed by atoms with Crippen LogP contribution in [0.4, 0.5) is 0 Å². The maximum absolute atomic E-state index is 11.8. The van der Waals surface area contributed by atoms with E-state index in [9.17, 15) is 4.79 Å². The number of carbonyl (C=O) groups excluding carboxylic acids is 1. The number of esters is 1. The molecule has 0 aromatic rings. The summed E-state index contributed by atoms with van der Waals surface area (Å²) in [6.07, 6.45) is 5.18. The Hall–Kier alpha value is -0.530. The van der Waals surface area contributed by atoms with E-state index in [0.29, 0.717) is 17.8 Å². The molecule has 4 unspecified atom stereocenters. The molecule has 2 fully saturated rings. The van der Waals surface area contributed by atoms with Gasteiger partial charge in [-0.25, -0.2) is 0 Å². The molecule has 0 amide bonds. The molecule has 17 heavy (non-hydrogen) atoms. The summed E-state index contributed by atoms with van der Waals surface area (Å²) in [5.41, 5.74) is 0.335. The largest absolute Gasteiger partial charge is 0.462 e. The van der Waals surface area contributed by atoms with Crippen molar-refractivity contribution in [2.24, 2.45) is 23.2 Å². The van der Waals surface area contributed by atoms with Gasteiger partial charge in [0, 0.05) is 11.8 Å². The van der Waals surface area contributed by atoms with Crippen molar-refractivity contribution in [3.63, 3.8) is 0 Å². The van der Waals surface area contributed by atoms with Crippen molar-refractivity contribution in [2.45, 2.75) is 65.9 Å². The second-order valence-corrected chi connectivity index (χ2v) is 6.37. The molecule has 0 aliphatic heterocycles. The van der Waals surface area contributed by atoms with E-state index in [-0.39, 0.29) is 12.1 Å². The smallest absolute Gasteiger partial charge is 0.306 e. The van der Waals surface area contributed by atoms with Gasteiger partial charge in [-0.05, 0) is 37.0 Å². The third-order valence-electron chi connectivity index (χ3n) is 5.06. The predicted molar refractivity (Wildman–Crippen MR) is 68.6 cm³/mol. The van der Waals surface area contributed by atoms with E-state index in [1.165, 1.54) is 6.42 Å². The van der Waals surface area contributed by atoms with Crippen molar-refractivity contribution in [1.82, 2.24) is 0 Å². The first-order chi connectivity index (χ1) is 8.02. The van der Waals surface area contributed by atoms with Gasteiger partial charge in [0.2, 0.25) is 0 Å². The van der Waals surface area contributed by atoms with Gasteiger partial charge in [0.15, 0.2) is 0 Å². The fourth-order valence-electron chi connectivity index (χ4n) is 3.88. The first kappa shape index (κ1) is 12.9. The lowest BCUT2D eigenvalue weighted by atomic mass is 9.87. The molecule has 0 spiro atoms. The van der Waals surface area contributed by atoms with E-state index in [1.807, 2.05) is 0 Å². The van der Waals surface area contributed by atoms with Crippen LogP contribution in [0.25, 0.3) is 0 Å². The van der Waals surface area contributed by atoms with Gasteiger partial charge in [-0.1, -0.05) is 34.1 Å². The molecule has 0 bridgehead atoms. The minimum atomic E-state index is 0.0247. The molecule has 98 valence electrons. The molecule has 2 nitrogen and oxygen atoms in total. The van der Waals surface area contributed by atoms with Gasteiger partial charge < -0.3 is 4.74 Å². The fraction of sp³-hybridized carbons (Fsp3) is 0.933. The summed E-state index contributed by atoms with van der Waals surface area (Å²) in [4.78, 5) is 11.8. The minimum absolute atomic E-state index is 0.0247. The van der Waals surface area contributed by atoms with Crippen LogP contribution in [0.1, 0.15) is 59.8 Å². The van der Waals surface area contributed by atoms with Gasteiger partial charge in [0.05, 0.1) is 0 Å². The Morgan fingerprint density at radius 2 is 2.18 bits per heavy atom. The number of carbonyl (C=O) groups is 1. The Balaban J connectivity index is 1.94. The minimum Gasteiger partial charge on any atom is -0.462 e. The molecule has 0 N–H and O–H groups in total. The van der Waals surface area contributed by atoms with Gasteiger partial charge in [0.25, 0.3) is 0 Å². The van der Waals surface area contributed by atoms with Crippen LogP contribution in [0, 0.1) is 23.2 Å². The fourth-order valence-corrected chi connectivity index (χ4v) is 3.88. The summed E-state index contributed by atoms with van der Waals surface area (Å²) in [6, 6.07) is 0. The van der Waals surface area contributed by atoms with Crippen molar-refractivity contribution >= 4 is 5.97 Å². The van der Waals surface area contributed by atoms with Gasteiger partial charge >= 0.3 is 5.97 Å². The van der Waals surface area contributed by atoms with Crippen molar-refractivity contribution in [2.75, 3.05) is 0 Å². The molecular weight excluding hydrogens is 212 g/mol. The molecule has 2 rings (SSSR count). The monoisotopic (exact) mass is 238 g/mol. The van der Waals surface area contributed by atoms with Crippen molar-refractivity contribution in [3.8, 4) is 0 Å². The van der Waals surface area contributed by atoms with E-state index in [4.69, 9.17) is 4.74 Å². The number of hydrogen-bond donors (Lipinski definition) is 0. The summed E-state index contributed by atoms with van der Waals surface area (Å²) in [5, 5.41) is 0. The second-order valence-electron chi connectivity index (χ2n) is 6.37. The Morgan fingerprint density at radius 1 is 1.47 bits per heavy atom. The van der Waals surface area contributed by atoms with Crippen LogP contribution in [0.5, 0.6) is 0 Å². The summed E-state index contributed by atoms with van der Waals surface area (Å²) < 4.78 is 5.76. The number of rotatable bonds is 5. The molecular formula is C15H26O2. The van der Waals surface area contributed by atoms with E-state index in [0.717, 1.165) is 31.1 Å². The highest BCUT2D eigenvalue weighted by Crippen LogP contribution is 2.70. The molecule has 0 aromatic carbocycles. The van der Waals surface area contributed by atoms with Crippen LogP contribution in [0.2, 0.25) is 0 Å². The van der Waals surface area contributed by atoms with Crippen LogP contribution in [-0.4, -0.2) is 12.1 Å². The first-order valence-corrected chi connectivity index (χ1v) is 7.21. The van der Waals surface area contributed by atoms with Crippen molar-refractivity contribution < 1.29 is 9.53 Å². The maximum atomic E-state index is 11.8. The molecule has 4 atom stereocenters. The summed E-state index contributed by atoms with van der Waals surface area (Å²) >= 11 is 0. The number of hydrogen-bond acceptors (Lipinski definition) is 2. The first-order valence-electron chi connectivity index (χ1n) is 7.21. The molecule has 2 saturated carbocycles. The Bertz CT molecular complexity index is 297. The average molecular weight is 238 g/mol. The zero-order valence-corrected chi connectivity index (χ0v) is 11.7. The van der Waals surface area contributed by atoms with Gasteiger partial charge in [-0.3, -0.25) is 4.79 Å². The van der Waals surface area contributed by atoms with Gasteiger partial charge in [0.1, 0.15) is 6.10 Å². The molecule has 0 aromatic heterocycles. The zero-order valence-electron chi connectivity index (χ0n) is 11.7. The predicted octanol–water partition coefficient (Wildman–Crippen LogP) is 3.79. The van der Waals surface area contributed by atoms with E-state index < -0.39 is 0 Å². The van der Waals surface area contributed by atoms with Crippen molar-refractivity contribution in [3.05, 3.63) is 0 Å². The SMILES string of the molecule is CCCCC(=O)OC1CC(C)C2CC12C(C)C. The summed E-state index contributed by atoms with van der Waals surface area (Å²) in [7, 11) is 0. The van der Waals surface area contributed by atoms with Crippen LogP contribution < -0.4 is 0 Å². The Morgan fingerprint density at radius 3 is 2.71 bits per heavy atom. The molecule has 2 heteroatoms. The van der Waals surface area contributed by atoms with E-state index >= 15 is 0 Å². The molecule has 2 aliphatic carbocycles. The third kappa shape index (κ3) is 2.11. The van der Waals surface area contributed by atoms with Gasteiger partial charge in [-0.2, -0.15) is 0 Å². The Labute approximate surface area is 105 Å². The van der Waals surface area contributed by atoms with E-state index in [2.05, 4.69) is 27.7 Å². The van der Waals surface area contributed by atoms with Crippen LogP contribution in [0.3, 0.4) is 0 Å². The molecule has 0 saturated heterocycles. The average Bonchev–Trinajstić information content (AvgIpc) is 2.96. The highest BCUT2D eigenvalue weighted by molar-refractivity contribution is 5.69. The normalized spacial score (nSPS) is 39.2.